The summed E-state index contributed by atoms with van der Waals surface area (Å²) >= 11 is 5.89. The Hall–Kier alpha value is -2.60. The highest BCUT2D eigenvalue weighted by atomic mass is 35.5. The van der Waals surface area contributed by atoms with E-state index in [1.165, 1.54) is 0 Å². The number of amides is 1. The second-order valence-electron chi connectivity index (χ2n) is 5.15. The van der Waals surface area contributed by atoms with Crippen LogP contribution in [0.4, 0.5) is 5.82 Å². The molecule has 1 amide bonds. The SMILES string of the molecule is CC(C(=O)Nc1ccnn1Cc1ccc(Cl)cc1)n1cccn1. The molecule has 23 heavy (non-hydrogen) atoms. The molecule has 0 radical (unpaired) electrons. The third kappa shape index (κ3) is 3.60. The van der Waals surface area contributed by atoms with Crippen LogP contribution in [0.2, 0.25) is 5.02 Å². The molecule has 6 nitrogen and oxygen atoms in total. The van der Waals surface area contributed by atoms with Crippen molar-refractivity contribution in [3.05, 3.63) is 65.6 Å². The lowest BCUT2D eigenvalue weighted by atomic mass is 10.2. The molecule has 0 saturated heterocycles. The molecule has 0 aliphatic carbocycles. The predicted molar refractivity (Wildman–Crippen MR) is 88.3 cm³/mol. The van der Waals surface area contributed by atoms with Gasteiger partial charge in [0.25, 0.3) is 0 Å². The molecule has 118 valence electrons. The topological polar surface area (TPSA) is 64.7 Å². The van der Waals surface area contributed by atoms with Crippen LogP contribution in [0.25, 0.3) is 0 Å². The minimum atomic E-state index is -0.399. The molecule has 0 aliphatic rings. The van der Waals surface area contributed by atoms with Gasteiger partial charge in [0.2, 0.25) is 5.91 Å². The van der Waals surface area contributed by atoms with Gasteiger partial charge in [0.1, 0.15) is 11.9 Å². The van der Waals surface area contributed by atoms with E-state index in [-0.39, 0.29) is 5.91 Å². The quantitative estimate of drug-likeness (QED) is 0.782. The first kappa shape index (κ1) is 15.3. The van der Waals surface area contributed by atoms with Gasteiger partial charge in [0.05, 0.1) is 12.7 Å². The summed E-state index contributed by atoms with van der Waals surface area (Å²) in [5, 5.41) is 11.9. The molecule has 2 aromatic heterocycles. The van der Waals surface area contributed by atoms with E-state index in [1.807, 2.05) is 24.3 Å². The van der Waals surface area contributed by atoms with Crippen LogP contribution in [0, 0.1) is 0 Å². The van der Waals surface area contributed by atoms with E-state index in [4.69, 9.17) is 11.6 Å². The monoisotopic (exact) mass is 329 g/mol. The minimum Gasteiger partial charge on any atom is -0.309 e. The van der Waals surface area contributed by atoms with Crippen LogP contribution in [0.3, 0.4) is 0 Å². The van der Waals surface area contributed by atoms with Crippen molar-refractivity contribution in [2.45, 2.75) is 19.5 Å². The van der Waals surface area contributed by atoms with Gasteiger partial charge in [-0.05, 0) is 30.7 Å². The zero-order valence-electron chi connectivity index (χ0n) is 12.6. The summed E-state index contributed by atoms with van der Waals surface area (Å²) in [4.78, 5) is 12.3. The van der Waals surface area contributed by atoms with E-state index in [0.717, 1.165) is 5.56 Å². The molecular weight excluding hydrogens is 314 g/mol. The van der Waals surface area contributed by atoms with Crippen LogP contribution in [-0.4, -0.2) is 25.5 Å². The first-order valence-corrected chi connectivity index (χ1v) is 7.57. The number of aromatic nitrogens is 4. The van der Waals surface area contributed by atoms with Crippen molar-refractivity contribution < 1.29 is 4.79 Å². The normalized spacial score (nSPS) is 12.1. The Labute approximate surface area is 138 Å². The number of benzene rings is 1. The molecule has 1 aromatic carbocycles. The largest absolute Gasteiger partial charge is 0.309 e. The molecule has 1 unspecified atom stereocenters. The summed E-state index contributed by atoms with van der Waals surface area (Å²) in [5.74, 6) is 0.496. The first-order valence-electron chi connectivity index (χ1n) is 7.20. The number of rotatable bonds is 5. The van der Waals surface area contributed by atoms with E-state index in [9.17, 15) is 4.79 Å². The summed E-state index contributed by atoms with van der Waals surface area (Å²) in [6, 6.07) is 10.7. The average molecular weight is 330 g/mol. The fourth-order valence-electron chi connectivity index (χ4n) is 2.19. The van der Waals surface area contributed by atoms with E-state index in [2.05, 4.69) is 15.5 Å². The molecule has 2 heterocycles. The number of halogens is 1. The van der Waals surface area contributed by atoms with Gasteiger partial charge in [-0.1, -0.05) is 23.7 Å². The van der Waals surface area contributed by atoms with Gasteiger partial charge in [-0.25, -0.2) is 4.68 Å². The second-order valence-corrected chi connectivity index (χ2v) is 5.59. The van der Waals surface area contributed by atoms with Crippen molar-refractivity contribution >= 4 is 23.3 Å². The summed E-state index contributed by atoms with van der Waals surface area (Å²) in [6.45, 7) is 2.35. The number of hydrogen-bond donors (Lipinski definition) is 1. The number of nitrogens with one attached hydrogen (secondary N) is 1. The Morgan fingerprint density at radius 2 is 2.00 bits per heavy atom. The third-order valence-corrected chi connectivity index (χ3v) is 3.77. The maximum Gasteiger partial charge on any atom is 0.250 e. The fraction of sp³-hybridized carbons (Fsp3) is 0.188. The van der Waals surface area contributed by atoms with Crippen LogP contribution < -0.4 is 5.32 Å². The van der Waals surface area contributed by atoms with Crippen LogP contribution in [-0.2, 0) is 11.3 Å². The molecule has 0 aliphatic heterocycles. The van der Waals surface area contributed by atoms with Crippen LogP contribution in [0.5, 0.6) is 0 Å². The Morgan fingerprint density at radius 1 is 1.22 bits per heavy atom. The van der Waals surface area contributed by atoms with Crippen LogP contribution in [0.1, 0.15) is 18.5 Å². The number of nitrogens with zero attached hydrogens (tertiary/aromatic N) is 4. The molecule has 3 aromatic rings. The van der Waals surface area contributed by atoms with Crippen LogP contribution in [0.15, 0.2) is 55.0 Å². The zero-order valence-corrected chi connectivity index (χ0v) is 13.3. The lowest BCUT2D eigenvalue weighted by Gasteiger charge is -2.14. The number of carbonyl (C=O) groups excluding carboxylic acids is 1. The molecule has 3 rings (SSSR count). The zero-order chi connectivity index (χ0) is 16.2. The summed E-state index contributed by atoms with van der Waals surface area (Å²) < 4.78 is 3.34. The highest BCUT2D eigenvalue weighted by molar-refractivity contribution is 6.30. The van der Waals surface area contributed by atoms with Crippen molar-refractivity contribution in [2.24, 2.45) is 0 Å². The first-order chi connectivity index (χ1) is 11.1. The minimum absolute atomic E-state index is 0.147. The van der Waals surface area contributed by atoms with E-state index < -0.39 is 6.04 Å². The molecule has 1 N–H and O–H groups in total. The predicted octanol–water partition coefficient (Wildman–Crippen LogP) is 2.98. The maximum atomic E-state index is 12.3. The van der Waals surface area contributed by atoms with Gasteiger partial charge in [-0.15, -0.1) is 0 Å². The van der Waals surface area contributed by atoms with E-state index >= 15 is 0 Å². The maximum absolute atomic E-state index is 12.3. The van der Waals surface area contributed by atoms with Gasteiger partial charge < -0.3 is 5.32 Å². The number of anilines is 1. The number of hydrogen-bond acceptors (Lipinski definition) is 3. The molecule has 0 spiro atoms. The standard InChI is InChI=1S/C16H16ClN5O/c1-12(21-10-2-8-18-21)16(23)20-15-7-9-19-22(15)11-13-3-5-14(17)6-4-13/h2-10,12H,11H2,1H3,(H,20,23). The van der Waals surface area contributed by atoms with E-state index in [1.54, 1.807) is 47.0 Å². The second kappa shape index (κ2) is 6.66. The van der Waals surface area contributed by atoms with Gasteiger partial charge in [0, 0.05) is 23.5 Å². The molecule has 7 heteroatoms. The lowest BCUT2D eigenvalue weighted by Crippen LogP contribution is -2.25. The Kier molecular flexibility index (Phi) is 4.43. The average Bonchev–Trinajstić information content (AvgIpc) is 3.21. The van der Waals surface area contributed by atoms with Crippen LogP contribution >= 0.6 is 11.6 Å². The highest BCUT2D eigenvalue weighted by Crippen LogP contribution is 2.15. The Balaban J connectivity index is 1.71. The van der Waals surface area contributed by atoms with Crippen molar-refractivity contribution in [1.82, 2.24) is 19.6 Å². The smallest absolute Gasteiger partial charge is 0.250 e. The molecular formula is C16H16ClN5O. The Morgan fingerprint density at radius 3 is 2.70 bits per heavy atom. The highest BCUT2D eigenvalue weighted by Gasteiger charge is 2.16. The Bertz CT molecular complexity index is 779. The molecule has 0 fully saturated rings. The summed E-state index contributed by atoms with van der Waals surface area (Å²) in [6.07, 6.45) is 5.06. The summed E-state index contributed by atoms with van der Waals surface area (Å²) in [5.41, 5.74) is 1.05. The molecule has 1 atom stereocenters. The molecule has 0 saturated carbocycles. The summed E-state index contributed by atoms with van der Waals surface area (Å²) in [7, 11) is 0. The van der Waals surface area contributed by atoms with Crippen molar-refractivity contribution in [3.63, 3.8) is 0 Å². The van der Waals surface area contributed by atoms with Gasteiger partial charge in [-0.3, -0.25) is 9.48 Å². The third-order valence-electron chi connectivity index (χ3n) is 3.51. The van der Waals surface area contributed by atoms with Gasteiger partial charge in [-0.2, -0.15) is 10.2 Å². The van der Waals surface area contributed by atoms with Gasteiger partial charge in [0.15, 0.2) is 0 Å². The van der Waals surface area contributed by atoms with E-state index in [0.29, 0.717) is 17.4 Å². The van der Waals surface area contributed by atoms with Gasteiger partial charge >= 0.3 is 0 Å². The number of carbonyl (C=O) groups is 1. The van der Waals surface area contributed by atoms with Crippen molar-refractivity contribution in [3.8, 4) is 0 Å². The van der Waals surface area contributed by atoms with Crippen molar-refractivity contribution in [2.75, 3.05) is 5.32 Å². The molecule has 0 bridgehead atoms. The fourth-order valence-corrected chi connectivity index (χ4v) is 2.31. The van der Waals surface area contributed by atoms with Crippen molar-refractivity contribution in [1.29, 1.82) is 0 Å². The lowest BCUT2D eigenvalue weighted by molar-refractivity contribution is -0.119.